The lowest BCUT2D eigenvalue weighted by Gasteiger charge is -2.22. The third-order valence-electron chi connectivity index (χ3n) is 2.57. The molecule has 1 saturated heterocycles. The SMILES string of the molecule is O=C1CNC(C(=O)OCc2cccc(Br)c2)CN1. The van der Waals surface area contributed by atoms with Crippen LogP contribution in [-0.2, 0) is 20.9 Å². The first-order valence-corrected chi connectivity index (χ1v) is 6.35. The van der Waals surface area contributed by atoms with E-state index in [4.69, 9.17) is 4.74 Å². The molecule has 1 aromatic rings. The lowest BCUT2D eigenvalue weighted by Crippen LogP contribution is -2.55. The number of halogens is 1. The predicted molar refractivity (Wildman–Crippen MR) is 68.7 cm³/mol. The molecule has 0 spiro atoms. The number of ether oxygens (including phenoxy) is 1. The van der Waals surface area contributed by atoms with Crippen LogP contribution in [0.3, 0.4) is 0 Å². The van der Waals surface area contributed by atoms with E-state index in [0.29, 0.717) is 0 Å². The number of rotatable bonds is 3. The van der Waals surface area contributed by atoms with Gasteiger partial charge in [-0.2, -0.15) is 0 Å². The molecule has 1 aliphatic rings. The normalized spacial score (nSPS) is 19.2. The van der Waals surface area contributed by atoms with Crippen molar-refractivity contribution in [3.05, 3.63) is 34.3 Å². The van der Waals surface area contributed by atoms with Crippen LogP contribution in [0.4, 0.5) is 0 Å². The molecule has 1 aromatic carbocycles. The van der Waals surface area contributed by atoms with Crippen LogP contribution in [0, 0.1) is 0 Å². The zero-order valence-electron chi connectivity index (χ0n) is 9.61. The lowest BCUT2D eigenvalue weighted by molar-refractivity contribution is -0.148. The molecular weight excluding hydrogens is 300 g/mol. The fourth-order valence-electron chi connectivity index (χ4n) is 1.61. The number of amides is 1. The van der Waals surface area contributed by atoms with Gasteiger partial charge in [-0.25, -0.2) is 0 Å². The molecule has 96 valence electrons. The summed E-state index contributed by atoms with van der Waals surface area (Å²) in [7, 11) is 0. The highest BCUT2D eigenvalue weighted by molar-refractivity contribution is 9.10. The Kier molecular flexibility index (Phi) is 4.33. The van der Waals surface area contributed by atoms with E-state index in [1.807, 2.05) is 24.3 Å². The first-order chi connectivity index (χ1) is 8.65. The molecule has 0 saturated carbocycles. The number of hydrogen-bond donors (Lipinski definition) is 2. The van der Waals surface area contributed by atoms with E-state index in [-0.39, 0.29) is 31.6 Å². The van der Waals surface area contributed by atoms with Crippen LogP contribution in [0.15, 0.2) is 28.7 Å². The van der Waals surface area contributed by atoms with Crippen molar-refractivity contribution >= 4 is 27.8 Å². The largest absolute Gasteiger partial charge is 0.460 e. The van der Waals surface area contributed by atoms with Gasteiger partial charge in [-0.15, -0.1) is 0 Å². The van der Waals surface area contributed by atoms with Gasteiger partial charge in [0.25, 0.3) is 0 Å². The molecule has 1 heterocycles. The minimum absolute atomic E-state index is 0.106. The first kappa shape index (κ1) is 13.0. The zero-order chi connectivity index (χ0) is 13.0. The molecule has 1 fully saturated rings. The second-order valence-electron chi connectivity index (χ2n) is 3.98. The molecule has 0 radical (unpaired) electrons. The van der Waals surface area contributed by atoms with E-state index in [1.54, 1.807) is 0 Å². The molecule has 0 aromatic heterocycles. The van der Waals surface area contributed by atoms with Crippen molar-refractivity contribution in [3.63, 3.8) is 0 Å². The van der Waals surface area contributed by atoms with Crippen molar-refractivity contribution in [2.24, 2.45) is 0 Å². The highest BCUT2D eigenvalue weighted by Gasteiger charge is 2.24. The molecule has 1 amide bonds. The summed E-state index contributed by atoms with van der Waals surface area (Å²) in [5.41, 5.74) is 0.914. The Labute approximate surface area is 113 Å². The van der Waals surface area contributed by atoms with Gasteiger partial charge in [0.1, 0.15) is 12.6 Å². The molecule has 6 heteroatoms. The van der Waals surface area contributed by atoms with Gasteiger partial charge in [0.2, 0.25) is 5.91 Å². The number of nitrogens with one attached hydrogen (secondary N) is 2. The van der Waals surface area contributed by atoms with E-state index < -0.39 is 6.04 Å². The summed E-state index contributed by atoms with van der Waals surface area (Å²) in [5, 5.41) is 5.43. The Hall–Kier alpha value is -1.40. The quantitative estimate of drug-likeness (QED) is 0.801. The van der Waals surface area contributed by atoms with Gasteiger partial charge < -0.3 is 10.1 Å². The summed E-state index contributed by atoms with van der Waals surface area (Å²) in [6.45, 7) is 0.650. The maximum Gasteiger partial charge on any atom is 0.325 e. The Morgan fingerprint density at radius 2 is 2.33 bits per heavy atom. The molecule has 2 rings (SSSR count). The van der Waals surface area contributed by atoms with Crippen molar-refractivity contribution in [2.75, 3.05) is 13.1 Å². The summed E-state index contributed by atoms with van der Waals surface area (Å²) in [4.78, 5) is 22.6. The number of carbonyl (C=O) groups is 2. The molecule has 1 unspecified atom stereocenters. The van der Waals surface area contributed by atoms with Crippen molar-refractivity contribution in [2.45, 2.75) is 12.6 Å². The maximum absolute atomic E-state index is 11.7. The minimum Gasteiger partial charge on any atom is -0.460 e. The van der Waals surface area contributed by atoms with E-state index in [9.17, 15) is 9.59 Å². The summed E-state index contributed by atoms with van der Waals surface area (Å²) in [6, 6.07) is 7.10. The van der Waals surface area contributed by atoms with Gasteiger partial charge in [-0.1, -0.05) is 28.1 Å². The second-order valence-corrected chi connectivity index (χ2v) is 4.89. The van der Waals surface area contributed by atoms with Crippen LogP contribution >= 0.6 is 15.9 Å². The van der Waals surface area contributed by atoms with E-state index in [1.165, 1.54) is 0 Å². The molecule has 5 nitrogen and oxygen atoms in total. The Morgan fingerprint density at radius 3 is 3.00 bits per heavy atom. The average molecular weight is 313 g/mol. The van der Waals surface area contributed by atoms with Crippen LogP contribution in [0.1, 0.15) is 5.56 Å². The van der Waals surface area contributed by atoms with E-state index >= 15 is 0 Å². The Morgan fingerprint density at radius 1 is 1.50 bits per heavy atom. The molecule has 2 N–H and O–H groups in total. The van der Waals surface area contributed by atoms with Crippen LogP contribution in [0.5, 0.6) is 0 Å². The van der Waals surface area contributed by atoms with Crippen molar-refractivity contribution in [3.8, 4) is 0 Å². The topological polar surface area (TPSA) is 67.4 Å². The number of hydrogen-bond acceptors (Lipinski definition) is 4. The fourth-order valence-corrected chi connectivity index (χ4v) is 2.06. The highest BCUT2D eigenvalue weighted by atomic mass is 79.9. The Bertz CT molecular complexity index is 454. The molecule has 0 aliphatic carbocycles. The predicted octanol–water partition coefficient (Wildman–Crippen LogP) is 0.580. The third-order valence-corrected chi connectivity index (χ3v) is 3.06. The second kappa shape index (κ2) is 5.97. The van der Waals surface area contributed by atoms with Crippen molar-refractivity contribution in [1.29, 1.82) is 0 Å². The first-order valence-electron chi connectivity index (χ1n) is 5.56. The smallest absolute Gasteiger partial charge is 0.325 e. The van der Waals surface area contributed by atoms with Gasteiger partial charge in [-0.3, -0.25) is 14.9 Å². The molecule has 0 bridgehead atoms. The van der Waals surface area contributed by atoms with Crippen molar-refractivity contribution < 1.29 is 14.3 Å². The van der Waals surface area contributed by atoms with Crippen molar-refractivity contribution in [1.82, 2.24) is 10.6 Å². The van der Waals surface area contributed by atoms with Gasteiger partial charge >= 0.3 is 5.97 Å². The third kappa shape index (κ3) is 3.54. The van der Waals surface area contributed by atoms with Gasteiger partial charge in [0.15, 0.2) is 0 Å². The lowest BCUT2D eigenvalue weighted by atomic mass is 10.2. The fraction of sp³-hybridized carbons (Fsp3) is 0.333. The van der Waals surface area contributed by atoms with Gasteiger partial charge in [0, 0.05) is 11.0 Å². The summed E-state index contributed by atoms with van der Waals surface area (Å²) in [5.74, 6) is -0.457. The number of benzene rings is 1. The van der Waals surface area contributed by atoms with Gasteiger partial charge in [0.05, 0.1) is 6.54 Å². The summed E-state index contributed by atoms with van der Waals surface area (Å²) in [6.07, 6.45) is 0. The van der Waals surface area contributed by atoms with Crippen LogP contribution in [0.25, 0.3) is 0 Å². The monoisotopic (exact) mass is 312 g/mol. The number of piperazine rings is 1. The highest BCUT2D eigenvalue weighted by Crippen LogP contribution is 2.12. The molecule has 18 heavy (non-hydrogen) atoms. The summed E-state index contributed by atoms with van der Waals surface area (Å²) < 4.78 is 6.13. The standard InChI is InChI=1S/C12H13BrN2O3/c13-9-3-1-2-8(4-9)7-18-12(17)10-5-15-11(16)6-14-10/h1-4,10,14H,5-7H2,(H,15,16). The van der Waals surface area contributed by atoms with Gasteiger partial charge in [-0.05, 0) is 17.7 Å². The zero-order valence-corrected chi connectivity index (χ0v) is 11.2. The average Bonchev–Trinajstić information content (AvgIpc) is 2.37. The number of carbonyl (C=O) groups excluding carboxylic acids is 2. The summed E-state index contributed by atoms with van der Waals surface area (Å²) >= 11 is 3.35. The van der Waals surface area contributed by atoms with E-state index in [0.717, 1.165) is 10.0 Å². The van der Waals surface area contributed by atoms with Crippen LogP contribution in [0.2, 0.25) is 0 Å². The van der Waals surface area contributed by atoms with E-state index in [2.05, 4.69) is 26.6 Å². The number of esters is 1. The molecule has 1 atom stereocenters. The van der Waals surface area contributed by atoms with Crippen LogP contribution in [-0.4, -0.2) is 31.0 Å². The molecule has 1 aliphatic heterocycles. The van der Waals surface area contributed by atoms with Crippen LogP contribution < -0.4 is 10.6 Å². The Balaban J connectivity index is 1.83. The maximum atomic E-state index is 11.7. The minimum atomic E-state index is -0.463. The molecular formula is C12H13BrN2O3.